The highest BCUT2D eigenvalue weighted by Gasteiger charge is 2.46. The van der Waals surface area contributed by atoms with Crippen molar-refractivity contribution in [2.45, 2.75) is 32.1 Å². The molecule has 4 nitrogen and oxygen atoms in total. The summed E-state index contributed by atoms with van der Waals surface area (Å²) in [6.45, 7) is 6.35. The molecular weight excluding hydrogens is 382 g/mol. The molecule has 0 saturated carbocycles. The molecule has 29 heavy (non-hydrogen) atoms. The maximum Gasteiger partial charge on any atom is 0.243 e. The van der Waals surface area contributed by atoms with Gasteiger partial charge in [-0.05, 0) is 55.2 Å². The van der Waals surface area contributed by atoms with Crippen LogP contribution in [0, 0.1) is 12.3 Å². The van der Waals surface area contributed by atoms with E-state index >= 15 is 0 Å². The Balaban J connectivity index is 1.71. The van der Waals surface area contributed by atoms with Crippen molar-refractivity contribution >= 4 is 21.4 Å². The minimum atomic E-state index is -3.58. The predicted molar refractivity (Wildman–Crippen MR) is 115 cm³/mol. The first-order chi connectivity index (χ1) is 13.7. The molecular formula is C24H25NO3S. The van der Waals surface area contributed by atoms with E-state index in [1.807, 2.05) is 55.5 Å². The van der Waals surface area contributed by atoms with E-state index in [2.05, 4.69) is 6.92 Å². The van der Waals surface area contributed by atoms with E-state index in [0.717, 1.165) is 22.3 Å². The van der Waals surface area contributed by atoms with Crippen LogP contribution in [0.25, 0.3) is 5.57 Å². The molecule has 0 bridgehead atoms. The maximum atomic E-state index is 13.2. The Morgan fingerprint density at radius 1 is 1.03 bits per heavy atom. The molecule has 0 amide bonds. The predicted octanol–water partition coefficient (Wildman–Crippen LogP) is 4.38. The first-order valence-corrected chi connectivity index (χ1v) is 11.2. The number of ketones is 1. The molecule has 0 N–H and O–H groups in total. The molecule has 1 saturated heterocycles. The van der Waals surface area contributed by atoms with Gasteiger partial charge in [0.1, 0.15) is 0 Å². The first kappa shape index (κ1) is 19.8. The van der Waals surface area contributed by atoms with Gasteiger partial charge in [-0.2, -0.15) is 4.31 Å². The molecule has 0 unspecified atom stereocenters. The van der Waals surface area contributed by atoms with Crippen molar-refractivity contribution in [1.29, 1.82) is 0 Å². The summed E-state index contributed by atoms with van der Waals surface area (Å²) in [5.74, 6) is 0.0123. The van der Waals surface area contributed by atoms with Crippen LogP contribution in [0.1, 0.15) is 31.4 Å². The van der Waals surface area contributed by atoms with E-state index in [4.69, 9.17) is 0 Å². The fourth-order valence-corrected chi connectivity index (χ4v) is 5.85. The van der Waals surface area contributed by atoms with Crippen molar-refractivity contribution in [3.05, 3.63) is 82.9 Å². The Kier molecular flexibility index (Phi) is 4.83. The van der Waals surface area contributed by atoms with Crippen LogP contribution in [0.2, 0.25) is 0 Å². The van der Waals surface area contributed by atoms with Gasteiger partial charge in [0.05, 0.1) is 4.90 Å². The number of Topliss-reactive ketones (excluding diaryl/α,β-unsaturated/α-hetero) is 1. The number of sulfonamides is 1. The summed E-state index contributed by atoms with van der Waals surface area (Å²) < 4.78 is 28.0. The first-order valence-electron chi connectivity index (χ1n) is 9.78. The lowest BCUT2D eigenvalue weighted by Crippen LogP contribution is -2.31. The molecule has 4 rings (SSSR count). The molecule has 1 aliphatic heterocycles. The summed E-state index contributed by atoms with van der Waals surface area (Å²) in [7, 11) is -3.58. The van der Waals surface area contributed by atoms with E-state index in [1.165, 1.54) is 0 Å². The lowest BCUT2D eigenvalue weighted by atomic mass is 9.71. The van der Waals surface area contributed by atoms with Gasteiger partial charge in [0.15, 0.2) is 5.78 Å². The van der Waals surface area contributed by atoms with Gasteiger partial charge in [-0.3, -0.25) is 4.79 Å². The summed E-state index contributed by atoms with van der Waals surface area (Å²) in [6.07, 6.45) is 2.58. The third kappa shape index (κ3) is 3.49. The SMILES string of the molecule is CC(=O)C1=C(c2ccccc2)C[C@]2(C)CN(S(=O)(=O)c3ccc(C)cc3)CC2=C1. The molecule has 1 atom stereocenters. The Labute approximate surface area is 172 Å². The Morgan fingerprint density at radius 2 is 1.69 bits per heavy atom. The van der Waals surface area contributed by atoms with E-state index in [-0.39, 0.29) is 11.2 Å². The summed E-state index contributed by atoms with van der Waals surface area (Å²) in [6, 6.07) is 16.9. The zero-order chi connectivity index (χ0) is 20.8. The fourth-order valence-electron chi connectivity index (χ4n) is 4.30. The number of carbonyl (C=O) groups excluding carboxylic acids is 1. The van der Waals surface area contributed by atoms with Gasteiger partial charge >= 0.3 is 0 Å². The van der Waals surface area contributed by atoms with E-state index in [9.17, 15) is 13.2 Å². The van der Waals surface area contributed by atoms with E-state index in [1.54, 1.807) is 23.4 Å². The summed E-state index contributed by atoms with van der Waals surface area (Å²) in [4.78, 5) is 12.7. The van der Waals surface area contributed by atoms with Crippen molar-refractivity contribution in [3.63, 3.8) is 0 Å². The number of rotatable bonds is 4. The van der Waals surface area contributed by atoms with Crippen LogP contribution in [0.5, 0.6) is 0 Å². The molecule has 0 aromatic heterocycles. The monoisotopic (exact) mass is 407 g/mol. The van der Waals surface area contributed by atoms with Crippen LogP contribution in [-0.4, -0.2) is 31.6 Å². The van der Waals surface area contributed by atoms with Gasteiger partial charge in [0.25, 0.3) is 0 Å². The normalized spacial score (nSPS) is 22.4. The summed E-state index contributed by atoms with van der Waals surface area (Å²) in [5, 5.41) is 0. The smallest absolute Gasteiger partial charge is 0.243 e. The highest BCUT2D eigenvalue weighted by atomic mass is 32.2. The maximum absolute atomic E-state index is 13.2. The molecule has 1 fully saturated rings. The molecule has 1 heterocycles. The highest BCUT2D eigenvalue weighted by molar-refractivity contribution is 7.89. The largest absolute Gasteiger partial charge is 0.295 e. The third-order valence-electron chi connectivity index (χ3n) is 6.02. The molecule has 150 valence electrons. The van der Waals surface area contributed by atoms with Gasteiger partial charge < -0.3 is 0 Å². The van der Waals surface area contributed by atoms with Crippen molar-refractivity contribution in [2.75, 3.05) is 13.1 Å². The number of hydrogen-bond acceptors (Lipinski definition) is 3. The van der Waals surface area contributed by atoms with Crippen molar-refractivity contribution in [3.8, 4) is 0 Å². The zero-order valence-corrected chi connectivity index (χ0v) is 17.8. The number of allylic oxidation sites excluding steroid dienone is 3. The topological polar surface area (TPSA) is 54.5 Å². The second-order valence-electron chi connectivity index (χ2n) is 8.31. The number of fused-ring (bicyclic) bond motifs is 1. The van der Waals surface area contributed by atoms with Crippen LogP contribution in [0.3, 0.4) is 0 Å². The minimum Gasteiger partial charge on any atom is -0.295 e. The molecule has 2 aromatic carbocycles. The zero-order valence-electron chi connectivity index (χ0n) is 17.0. The molecule has 2 aromatic rings. The van der Waals surface area contributed by atoms with Gasteiger partial charge in [-0.15, -0.1) is 0 Å². The van der Waals surface area contributed by atoms with Crippen LogP contribution >= 0.6 is 0 Å². The quantitative estimate of drug-likeness (QED) is 0.756. The van der Waals surface area contributed by atoms with Crippen LogP contribution in [0.4, 0.5) is 0 Å². The lowest BCUT2D eigenvalue weighted by Gasteiger charge is -2.32. The average molecular weight is 408 g/mol. The minimum absolute atomic E-state index is 0.0123. The Hall–Kier alpha value is -2.50. The van der Waals surface area contributed by atoms with Crippen LogP contribution in [0.15, 0.2) is 76.7 Å². The van der Waals surface area contributed by atoms with Crippen LogP contribution < -0.4 is 0 Å². The van der Waals surface area contributed by atoms with Crippen LogP contribution in [-0.2, 0) is 14.8 Å². The second-order valence-corrected chi connectivity index (χ2v) is 10.2. The number of carbonyl (C=O) groups is 1. The molecule has 0 radical (unpaired) electrons. The Bertz CT molecular complexity index is 1130. The van der Waals surface area contributed by atoms with E-state index < -0.39 is 10.0 Å². The summed E-state index contributed by atoms with van der Waals surface area (Å²) in [5.41, 5.74) is 4.43. The fraction of sp³-hybridized carbons (Fsp3) is 0.292. The van der Waals surface area contributed by atoms with Gasteiger partial charge in [-0.1, -0.05) is 55.0 Å². The van der Waals surface area contributed by atoms with Crippen molar-refractivity contribution < 1.29 is 13.2 Å². The van der Waals surface area contributed by atoms with Gasteiger partial charge in [0.2, 0.25) is 10.0 Å². The molecule has 1 aliphatic carbocycles. The lowest BCUT2D eigenvalue weighted by molar-refractivity contribution is -0.113. The van der Waals surface area contributed by atoms with Crippen molar-refractivity contribution in [2.24, 2.45) is 5.41 Å². The highest BCUT2D eigenvalue weighted by Crippen LogP contribution is 2.49. The molecule has 0 spiro atoms. The van der Waals surface area contributed by atoms with Gasteiger partial charge in [0, 0.05) is 24.1 Å². The second kappa shape index (κ2) is 7.08. The third-order valence-corrected chi connectivity index (χ3v) is 7.82. The number of aryl methyl sites for hydroxylation is 1. The molecule has 2 aliphatic rings. The molecule has 5 heteroatoms. The Morgan fingerprint density at radius 3 is 2.31 bits per heavy atom. The van der Waals surface area contributed by atoms with Gasteiger partial charge in [-0.25, -0.2) is 8.42 Å². The van der Waals surface area contributed by atoms with E-state index in [0.29, 0.717) is 30.0 Å². The number of benzene rings is 2. The number of nitrogens with zero attached hydrogens (tertiary/aromatic N) is 1. The average Bonchev–Trinajstić information content (AvgIpc) is 3.05. The van der Waals surface area contributed by atoms with Crippen molar-refractivity contribution in [1.82, 2.24) is 4.31 Å². The standard InChI is InChI=1S/C24H25NO3S/c1-17-9-11-21(12-10-17)29(27,28)25-15-20-13-22(18(2)26)23(14-24(20,3)16-25)19-7-5-4-6-8-19/h4-13H,14-16H2,1-3H3/t24-/m1/s1. The number of hydrogen-bond donors (Lipinski definition) is 0. The summed E-state index contributed by atoms with van der Waals surface area (Å²) >= 11 is 0.